The van der Waals surface area contributed by atoms with Gasteiger partial charge in [-0.25, -0.2) is 4.79 Å². The molecule has 332 valence electrons. The minimum Gasteiger partial charge on any atom is -0.455 e. The van der Waals surface area contributed by atoms with Crippen molar-refractivity contribution in [2.75, 3.05) is 48.6 Å². The molecule has 7 bridgehead atoms. The summed E-state index contributed by atoms with van der Waals surface area (Å²) < 4.78 is 38.5. The van der Waals surface area contributed by atoms with Crippen molar-refractivity contribution in [1.82, 2.24) is 4.90 Å². The Morgan fingerprint density at radius 2 is 1.44 bits per heavy atom. The molecule has 1 spiro atoms. The van der Waals surface area contributed by atoms with Crippen LogP contribution >= 0.6 is 0 Å². The molecular weight excluding hydrogens is 755 g/mol. The van der Waals surface area contributed by atoms with E-state index in [9.17, 15) is 24.9 Å². The Morgan fingerprint density at radius 1 is 0.814 bits per heavy atom. The molecule has 3 N–H and O–H groups in total. The quantitative estimate of drug-likeness (QED) is 0.0969. The van der Waals surface area contributed by atoms with Crippen molar-refractivity contribution in [3.63, 3.8) is 0 Å². The molecule has 1 aliphatic heterocycles. The first kappa shape index (κ1) is 44.9. The number of nitrogens with zero attached hydrogens (tertiary/aromatic N) is 1. The summed E-state index contributed by atoms with van der Waals surface area (Å²) in [4.78, 5) is 30.8. The monoisotopic (exact) mass is 828 g/mol. The lowest BCUT2D eigenvalue weighted by Crippen LogP contribution is -2.81. The van der Waals surface area contributed by atoms with E-state index in [0.717, 1.165) is 19.3 Å². The summed E-state index contributed by atoms with van der Waals surface area (Å²) in [6, 6.07) is 8.29. The molecule has 6 aliphatic rings. The van der Waals surface area contributed by atoms with E-state index in [2.05, 4.69) is 11.8 Å². The molecule has 5 saturated carbocycles. The highest BCUT2D eigenvalue weighted by Gasteiger charge is 2.92. The predicted molar refractivity (Wildman–Crippen MR) is 220 cm³/mol. The van der Waals surface area contributed by atoms with E-state index >= 15 is 0 Å². The summed E-state index contributed by atoms with van der Waals surface area (Å²) in [6.45, 7) is 2.97. The smallest absolute Gasteiger partial charge is 0.338 e. The molecule has 59 heavy (non-hydrogen) atoms. The van der Waals surface area contributed by atoms with Gasteiger partial charge in [-0.2, -0.15) is 0 Å². The average Bonchev–Trinajstić information content (AvgIpc) is 3.62. The number of rotatable bonds is 22. The minimum absolute atomic E-state index is 0.0845. The summed E-state index contributed by atoms with van der Waals surface area (Å²) in [5, 5.41) is 38.1. The molecule has 0 radical (unpaired) electrons. The number of aliphatic hydroxyl groups excluding tert-OH is 2. The van der Waals surface area contributed by atoms with Crippen molar-refractivity contribution in [1.29, 1.82) is 0 Å². The van der Waals surface area contributed by atoms with Crippen LogP contribution in [0.1, 0.15) is 120 Å². The second-order valence-corrected chi connectivity index (χ2v) is 19.1. The first-order valence-electron chi connectivity index (χ1n) is 22.8. The Hall–Kier alpha value is -2.16. The van der Waals surface area contributed by atoms with Gasteiger partial charge in [0.1, 0.15) is 23.9 Å². The zero-order valence-electron chi connectivity index (χ0n) is 36.5. The summed E-state index contributed by atoms with van der Waals surface area (Å²) in [5.41, 5.74) is -4.82. The second-order valence-electron chi connectivity index (χ2n) is 19.1. The van der Waals surface area contributed by atoms with E-state index in [0.29, 0.717) is 24.9 Å². The fourth-order valence-corrected chi connectivity index (χ4v) is 14.5. The van der Waals surface area contributed by atoms with Gasteiger partial charge in [0.15, 0.2) is 5.60 Å². The lowest BCUT2D eigenvalue weighted by molar-refractivity contribution is -0.321. The highest BCUT2D eigenvalue weighted by Crippen LogP contribution is 2.80. The van der Waals surface area contributed by atoms with Gasteiger partial charge in [-0.3, -0.25) is 4.79 Å². The van der Waals surface area contributed by atoms with E-state index in [1.807, 2.05) is 13.1 Å². The largest absolute Gasteiger partial charge is 0.455 e. The summed E-state index contributed by atoms with van der Waals surface area (Å²) in [6.07, 6.45) is 9.99. The van der Waals surface area contributed by atoms with E-state index in [1.165, 1.54) is 64.9 Å². The first-order chi connectivity index (χ1) is 28.5. The number of piperidine rings is 1. The molecule has 7 rings (SSSR count). The van der Waals surface area contributed by atoms with Crippen LogP contribution in [0.3, 0.4) is 0 Å². The molecule has 15 atom stereocenters. The number of methoxy groups -OCH3 is 4. The number of hydrogen-bond acceptors (Lipinski definition) is 12. The van der Waals surface area contributed by atoms with Gasteiger partial charge in [0.25, 0.3) is 0 Å². The number of carbonyl (C=O) groups is 2. The number of likely N-dealkylation sites (tertiary alicyclic amines) is 1. The highest BCUT2D eigenvalue weighted by atomic mass is 16.6. The van der Waals surface area contributed by atoms with Gasteiger partial charge in [0.2, 0.25) is 0 Å². The molecule has 6 fully saturated rings. The van der Waals surface area contributed by atoms with Crippen LogP contribution < -0.4 is 0 Å². The number of ether oxygens (including phenoxy) is 6. The standard InChI is InChI=1S/C47H73NO11/c1-7-8-9-10-11-12-13-14-15-16-17-18-22-25-34(50)59-47-35-31(27-45(53,42(57-6)40(47)51)41(35)58-43(52)30-23-20-19-21-24-30)46-33(55-4)26-32(49)44(29-54-3)28-48(2)39(46)36(47)37(56-5)38(44)46/h19-21,23-24,31-33,35-42,49,51,53H,7-18,22,25-29H2,1-6H3/t31?,32-,33+,35?,36+,37?,38?,39?,40+,41?,42+,44+,45?,46+,47-/m1/s1. The molecule has 5 aliphatic carbocycles. The van der Waals surface area contributed by atoms with Gasteiger partial charge in [-0.05, 0) is 37.9 Å². The van der Waals surface area contributed by atoms with Crippen LogP contribution in [0, 0.1) is 34.5 Å². The molecule has 0 aromatic heterocycles. The third kappa shape index (κ3) is 7.02. The maximum absolute atomic E-state index is 14.5. The number of esters is 2. The van der Waals surface area contributed by atoms with Gasteiger partial charge >= 0.3 is 11.9 Å². The Balaban J connectivity index is 1.21. The average molecular weight is 828 g/mol. The first-order valence-corrected chi connectivity index (χ1v) is 22.8. The fourth-order valence-electron chi connectivity index (χ4n) is 14.5. The van der Waals surface area contributed by atoms with Crippen LogP contribution in [0.5, 0.6) is 0 Å². The van der Waals surface area contributed by atoms with Crippen molar-refractivity contribution in [3.8, 4) is 0 Å². The molecule has 12 nitrogen and oxygen atoms in total. The molecule has 1 saturated heterocycles. The van der Waals surface area contributed by atoms with Crippen LogP contribution in [0.4, 0.5) is 0 Å². The third-order valence-corrected chi connectivity index (χ3v) is 16.3. The lowest BCUT2D eigenvalue weighted by Gasteiger charge is -2.70. The van der Waals surface area contributed by atoms with Crippen LogP contribution in [0.15, 0.2) is 30.3 Å². The van der Waals surface area contributed by atoms with Crippen molar-refractivity contribution in [2.45, 2.75) is 164 Å². The van der Waals surface area contributed by atoms with Gasteiger partial charge in [0.05, 0.1) is 30.5 Å². The highest BCUT2D eigenvalue weighted by molar-refractivity contribution is 5.89. The Labute approximate surface area is 352 Å². The maximum atomic E-state index is 14.5. The van der Waals surface area contributed by atoms with E-state index < -0.39 is 88.3 Å². The van der Waals surface area contributed by atoms with Crippen molar-refractivity contribution < 1.29 is 53.3 Å². The molecule has 1 aromatic carbocycles. The van der Waals surface area contributed by atoms with Crippen molar-refractivity contribution >= 4 is 11.9 Å². The Bertz CT molecular complexity index is 1580. The zero-order chi connectivity index (χ0) is 42.2. The van der Waals surface area contributed by atoms with E-state index in [-0.39, 0.29) is 31.4 Å². The zero-order valence-corrected chi connectivity index (χ0v) is 36.5. The SMILES string of the molecule is CCCCCCCCCCCCCCCC(=O)O[C@]12C3C(OC(=O)c4ccccc4)C(O)(CC3[C@@]34C5[C@@H]1C(OC)C3[C@](COC)(CN5C)[C@H](O)C[C@@H]4OC)[C@@H](OC)[C@@H]2O. The topological polar surface area (TPSA) is 153 Å². The van der Waals surface area contributed by atoms with Crippen LogP contribution in [0.2, 0.25) is 0 Å². The van der Waals surface area contributed by atoms with Gasteiger partial charge in [-0.15, -0.1) is 0 Å². The number of fused-ring (bicyclic) bond motifs is 2. The molecular formula is C47H73NO11. The number of hydrogen-bond donors (Lipinski definition) is 3. The summed E-state index contributed by atoms with van der Waals surface area (Å²) >= 11 is 0. The molecule has 1 heterocycles. The van der Waals surface area contributed by atoms with E-state index in [4.69, 9.17) is 28.4 Å². The van der Waals surface area contributed by atoms with Crippen LogP contribution in [-0.2, 0) is 33.2 Å². The normalized spacial score (nSPS) is 41.5. The van der Waals surface area contributed by atoms with Crippen LogP contribution in [-0.4, -0.2) is 135 Å². The number of benzene rings is 1. The predicted octanol–water partition coefficient (Wildman–Crippen LogP) is 5.72. The van der Waals surface area contributed by atoms with Crippen molar-refractivity contribution in [2.24, 2.45) is 34.5 Å². The molecule has 7 unspecified atom stereocenters. The fraction of sp³-hybridized carbons (Fsp3) is 0.830. The van der Waals surface area contributed by atoms with Gasteiger partial charge in [-0.1, -0.05) is 102 Å². The van der Waals surface area contributed by atoms with Crippen molar-refractivity contribution in [3.05, 3.63) is 35.9 Å². The number of carbonyl (C=O) groups excluding carboxylic acids is 2. The maximum Gasteiger partial charge on any atom is 0.338 e. The molecule has 0 amide bonds. The summed E-state index contributed by atoms with van der Waals surface area (Å²) in [5.74, 6) is -3.48. The van der Waals surface area contributed by atoms with E-state index in [1.54, 1.807) is 45.6 Å². The lowest BCUT2D eigenvalue weighted by atomic mass is 9.42. The summed E-state index contributed by atoms with van der Waals surface area (Å²) in [7, 11) is 8.39. The van der Waals surface area contributed by atoms with Crippen LogP contribution in [0.25, 0.3) is 0 Å². The molecule has 12 heteroatoms. The number of unbranched alkanes of at least 4 members (excludes halogenated alkanes) is 12. The third-order valence-electron chi connectivity index (χ3n) is 16.3. The Kier molecular flexibility index (Phi) is 13.9. The van der Waals surface area contributed by atoms with Gasteiger partial charge < -0.3 is 48.6 Å². The number of aliphatic hydroxyl groups is 3. The minimum atomic E-state index is -1.84. The van der Waals surface area contributed by atoms with Gasteiger partial charge in [0, 0.05) is 82.5 Å². The Morgan fingerprint density at radius 3 is 2.02 bits per heavy atom. The molecule has 1 aromatic rings. The second kappa shape index (κ2) is 18.3.